The Hall–Kier alpha value is -0.950. The second kappa shape index (κ2) is 8.43. The predicted molar refractivity (Wildman–Crippen MR) is 95.7 cm³/mol. The highest BCUT2D eigenvalue weighted by Crippen LogP contribution is 2.53. The number of anilines is 1. The Bertz CT molecular complexity index is 581. The Morgan fingerprint density at radius 2 is 1.79 bits per heavy atom. The van der Waals surface area contributed by atoms with Crippen molar-refractivity contribution in [3.63, 3.8) is 0 Å². The quantitative estimate of drug-likeness (QED) is 0.669. The van der Waals surface area contributed by atoms with Gasteiger partial charge in [0.1, 0.15) is 5.60 Å². The molecule has 0 aromatic carbocycles. The highest BCUT2D eigenvalue weighted by atomic mass is 32.1. The van der Waals surface area contributed by atoms with Gasteiger partial charge >= 0.3 is 13.7 Å². The molecule has 0 saturated carbocycles. The van der Waals surface area contributed by atoms with E-state index in [4.69, 9.17) is 13.8 Å². The minimum absolute atomic E-state index is 0.0514. The lowest BCUT2D eigenvalue weighted by Gasteiger charge is -2.22. The smallest absolute Gasteiger partial charge is 0.413 e. The zero-order valence-corrected chi connectivity index (χ0v) is 17.0. The number of aromatic nitrogens is 1. The third-order valence-electron chi connectivity index (χ3n) is 2.26. The number of nitrogens with zero attached hydrogens (tertiary/aromatic N) is 1. The van der Waals surface area contributed by atoms with Gasteiger partial charge in [-0.05, 0) is 48.5 Å². The van der Waals surface area contributed by atoms with Crippen LogP contribution < -0.4 is 5.32 Å². The summed E-state index contributed by atoms with van der Waals surface area (Å²) in [7, 11) is -3.31. The molecule has 0 atom stereocenters. The third-order valence-corrected chi connectivity index (χ3v) is 5.26. The van der Waals surface area contributed by atoms with Gasteiger partial charge in [-0.1, -0.05) is 0 Å². The van der Waals surface area contributed by atoms with Crippen molar-refractivity contribution >= 4 is 30.2 Å². The molecule has 1 rings (SSSR count). The van der Waals surface area contributed by atoms with Crippen LogP contribution in [-0.4, -0.2) is 28.9 Å². The fourth-order valence-electron chi connectivity index (χ4n) is 1.77. The molecule has 0 aliphatic heterocycles. The first-order valence-electron chi connectivity index (χ1n) is 7.79. The van der Waals surface area contributed by atoms with Gasteiger partial charge in [0.2, 0.25) is 0 Å². The number of amides is 1. The Labute approximate surface area is 147 Å². The van der Waals surface area contributed by atoms with Gasteiger partial charge < -0.3 is 13.8 Å². The average molecular weight is 378 g/mol. The normalized spacial score (nSPS) is 12.7. The van der Waals surface area contributed by atoms with E-state index < -0.39 is 19.3 Å². The van der Waals surface area contributed by atoms with Crippen LogP contribution in [0.1, 0.15) is 54.2 Å². The summed E-state index contributed by atoms with van der Waals surface area (Å²) in [6.07, 6.45) is -0.987. The van der Waals surface area contributed by atoms with Crippen molar-refractivity contribution in [2.75, 3.05) is 5.32 Å². The number of hydrogen-bond acceptors (Lipinski definition) is 7. The Morgan fingerprint density at radius 1 is 1.25 bits per heavy atom. The Morgan fingerprint density at radius 3 is 2.25 bits per heavy atom. The van der Waals surface area contributed by atoms with E-state index in [-0.39, 0.29) is 18.4 Å². The third kappa shape index (κ3) is 8.24. The summed E-state index contributed by atoms with van der Waals surface area (Å²) in [5, 5.41) is 4.65. The number of carbonyl (C=O) groups is 1. The molecule has 1 heterocycles. The molecule has 24 heavy (non-hydrogen) atoms. The molecule has 0 spiro atoms. The molecular weight excluding hydrogens is 351 g/mol. The summed E-state index contributed by atoms with van der Waals surface area (Å²) in [5.41, 5.74) is -0.0495. The van der Waals surface area contributed by atoms with Crippen LogP contribution in [0.25, 0.3) is 0 Å². The number of carbonyl (C=O) groups excluding carboxylic acids is 1. The van der Waals surface area contributed by atoms with Gasteiger partial charge in [-0.2, -0.15) is 0 Å². The maximum atomic E-state index is 12.8. The molecule has 0 saturated heterocycles. The van der Waals surface area contributed by atoms with E-state index in [2.05, 4.69) is 10.3 Å². The predicted octanol–water partition coefficient (Wildman–Crippen LogP) is 5.03. The lowest BCUT2D eigenvalue weighted by Crippen LogP contribution is -2.27. The first kappa shape index (κ1) is 21.1. The topological polar surface area (TPSA) is 86.8 Å². The van der Waals surface area contributed by atoms with Crippen LogP contribution in [0.2, 0.25) is 0 Å². The number of rotatable bonds is 7. The van der Waals surface area contributed by atoms with Crippen LogP contribution in [0.4, 0.5) is 9.93 Å². The molecule has 1 N–H and O–H groups in total. The van der Waals surface area contributed by atoms with Gasteiger partial charge in [-0.3, -0.25) is 9.88 Å². The van der Waals surface area contributed by atoms with Crippen LogP contribution in [0.3, 0.4) is 0 Å². The van der Waals surface area contributed by atoms with Gasteiger partial charge in [0, 0.05) is 5.38 Å². The van der Waals surface area contributed by atoms with Crippen molar-refractivity contribution in [1.82, 2.24) is 4.98 Å². The van der Waals surface area contributed by atoms with Crippen LogP contribution in [-0.2, 0) is 24.5 Å². The molecule has 0 unspecified atom stereocenters. The van der Waals surface area contributed by atoms with Crippen molar-refractivity contribution in [3.05, 3.63) is 11.1 Å². The highest BCUT2D eigenvalue weighted by Gasteiger charge is 2.29. The summed E-state index contributed by atoms with van der Waals surface area (Å²) in [6, 6.07) is 0. The van der Waals surface area contributed by atoms with Crippen LogP contribution >= 0.6 is 18.9 Å². The van der Waals surface area contributed by atoms with E-state index in [1.54, 1.807) is 53.8 Å². The molecule has 0 aliphatic carbocycles. The van der Waals surface area contributed by atoms with Crippen molar-refractivity contribution in [2.24, 2.45) is 0 Å². The lowest BCUT2D eigenvalue weighted by molar-refractivity contribution is 0.0636. The Balaban J connectivity index is 2.76. The number of nitrogens with one attached hydrogen (secondary N) is 1. The van der Waals surface area contributed by atoms with Gasteiger partial charge in [0.15, 0.2) is 5.13 Å². The number of hydrogen-bond donors (Lipinski definition) is 1. The summed E-state index contributed by atoms with van der Waals surface area (Å²) < 4.78 is 29.0. The van der Waals surface area contributed by atoms with E-state index >= 15 is 0 Å². The van der Waals surface area contributed by atoms with E-state index in [1.165, 1.54) is 11.3 Å². The van der Waals surface area contributed by atoms with Crippen LogP contribution in [0.15, 0.2) is 5.38 Å². The summed E-state index contributed by atoms with van der Waals surface area (Å²) >= 11 is 1.23. The zero-order valence-electron chi connectivity index (χ0n) is 15.3. The first-order valence-corrected chi connectivity index (χ1v) is 10.4. The molecule has 9 heteroatoms. The van der Waals surface area contributed by atoms with Crippen molar-refractivity contribution in [3.8, 4) is 0 Å². The fourth-order valence-corrected chi connectivity index (χ4v) is 4.63. The highest BCUT2D eigenvalue weighted by molar-refractivity contribution is 7.53. The Kier molecular flexibility index (Phi) is 7.41. The van der Waals surface area contributed by atoms with Gasteiger partial charge in [-0.15, -0.1) is 11.3 Å². The lowest BCUT2D eigenvalue weighted by atomic mass is 10.2. The largest absolute Gasteiger partial charge is 0.444 e. The molecule has 1 amide bonds. The fraction of sp³-hybridized carbons (Fsp3) is 0.733. The van der Waals surface area contributed by atoms with Crippen molar-refractivity contribution < 1.29 is 23.1 Å². The van der Waals surface area contributed by atoms with E-state index in [0.29, 0.717) is 10.8 Å². The molecule has 0 fully saturated rings. The second-order valence-electron chi connectivity index (χ2n) is 6.85. The molecule has 7 nitrogen and oxygen atoms in total. The summed E-state index contributed by atoms with van der Waals surface area (Å²) in [4.78, 5) is 16.0. The average Bonchev–Trinajstić information content (AvgIpc) is 2.69. The molecule has 0 aliphatic rings. The van der Waals surface area contributed by atoms with Crippen molar-refractivity contribution in [1.29, 1.82) is 0 Å². The SMILES string of the molecule is CC(C)OP(=O)(Cc1csc(NC(=O)OC(C)(C)C)n1)OC(C)C. The van der Waals surface area contributed by atoms with Gasteiger partial charge in [0.25, 0.3) is 0 Å². The van der Waals surface area contributed by atoms with Crippen LogP contribution in [0, 0.1) is 0 Å². The monoisotopic (exact) mass is 378 g/mol. The second-order valence-corrected chi connectivity index (χ2v) is 9.67. The molecule has 138 valence electrons. The maximum absolute atomic E-state index is 12.8. The number of ether oxygens (including phenoxy) is 1. The molecular formula is C15H27N2O5PS. The van der Waals surface area contributed by atoms with E-state index in [0.717, 1.165) is 0 Å². The van der Waals surface area contributed by atoms with Gasteiger partial charge in [0.05, 0.1) is 24.1 Å². The molecule has 1 aromatic heterocycles. The standard InChI is InChI=1S/C15H27N2O5PS/c1-10(2)21-23(19,22-11(3)4)8-12-9-24-13(16-12)17-14(18)20-15(5,6)7/h9-11H,8H2,1-7H3,(H,16,17,18). The van der Waals surface area contributed by atoms with Crippen molar-refractivity contribution in [2.45, 2.75) is 72.4 Å². The van der Waals surface area contributed by atoms with E-state index in [9.17, 15) is 9.36 Å². The van der Waals surface area contributed by atoms with Gasteiger partial charge in [-0.25, -0.2) is 9.78 Å². The summed E-state index contributed by atoms with van der Waals surface area (Å²) in [6.45, 7) is 12.5. The molecule has 0 radical (unpaired) electrons. The van der Waals surface area contributed by atoms with E-state index in [1.807, 2.05) is 0 Å². The minimum Gasteiger partial charge on any atom is -0.444 e. The zero-order chi connectivity index (χ0) is 18.5. The number of thiazole rings is 1. The first-order chi connectivity index (χ1) is 10.9. The van der Waals surface area contributed by atoms with Crippen LogP contribution in [0.5, 0.6) is 0 Å². The minimum atomic E-state index is -3.31. The molecule has 1 aromatic rings. The summed E-state index contributed by atoms with van der Waals surface area (Å²) in [5.74, 6) is 0. The molecule has 0 bridgehead atoms. The maximum Gasteiger partial charge on any atom is 0.413 e.